The van der Waals surface area contributed by atoms with Crippen LogP contribution >= 0.6 is 0 Å². The summed E-state index contributed by atoms with van der Waals surface area (Å²) in [6.45, 7) is 0. The van der Waals surface area contributed by atoms with E-state index < -0.39 is 0 Å². The van der Waals surface area contributed by atoms with E-state index in [-0.39, 0.29) is 16.4 Å². The third-order valence-corrected chi connectivity index (χ3v) is 3.60. The number of nitro groups is 1. The molecule has 3 nitrogen and oxygen atoms in total. The smallest absolute Gasteiger partial charge is 0.258 e. The van der Waals surface area contributed by atoms with Gasteiger partial charge in [0.25, 0.3) is 5.69 Å². The molecule has 0 unspecified atom stereocenters. The highest BCUT2D eigenvalue weighted by atomic mass is 19.1. The quantitative estimate of drug-likeness (QED) is 0.616. The first-order valence-electron chi connectivity index (χ1n) is 6.15. The van der Waals surface area contributed by atoms with Gasteiger partial charge in [-0.05, 0) is 41.5 Å². The van der Waals surface area contributed by atoms with Crippen LogP contribution in [0.25, 0.3) is 0 Å². The Kier molecular flexibility index (Phi) is 2.78. The molecule has 0 spiro atoms. The maximum absolute atomic E-state index is 12.9. The summed E-state index contributed by atoms with van der Waals surface area (Å²) in [5, 5.41) is 10.7. The standard InChI is InChI=1S/C15H12FNO2/c16-12-6-4-10(5-7-12)14-9-15(14)11-2-1-3-13(8-11)17(18)19/h1-8,14-15H,9H2/t14-,15-/m0/s1. The topological polar surface area (TPSA) is 43.1 Å². The zero-order valence-electron chi connectivity index (χ0n) is 10.1. The number of nitro benzene ring substituents is 1. The van der Waals surface area contributed by atoms with Crippen molar-refractivity contribution in [2.45, 2.75) is 18.3 Å². The van der Waals surface area contributed by atoms with Crippen LogP contribution < -0.4 is 0 Å². The molecule has 4 heteroatoms. The van der Waals surface area contributed by atoms with Gasteiger partial charge in [0.15, 0.2) is 0 Å². The van der Waals surface area contributed by atoms with E-state index in [1.165, 1.54) is 18.2 Å². The fraction of sp³-hybridized carbons (Fsp3) is 0.200. The molecule has 1 saturated carbocycles. The molecular weight excluding hydrogens is 245 g/mol. The minimum atomic E-state index is -0.376. The maximum Gasteiger partial charge on any atom is 0.269 e. The Morgan fingerprint density at radius 2 is 1.74 bits per heavy atom. The van der Waals surface area contributed by atoms with Crippen LogP contribution in [-0.4, -0.2) is 4.92 Å². The molecule has 0 aliphatic heterocycles. The molecular formula is C15H12FNO2. The lowest BCUT2D eigenvalue weighted by atomic mass is 10.0. The SMILES string of the molecule is O=[N+]([O-])c1cccc([C@@H]2C[C@H]2c2ccc(F)cc2)c1. The van der Waals surface area contributed by atoms with E-state index in [4.69, 9.17) is 0 Å². The Hall–Kier alpha value is -2.23. The van der Waals surface area contributed by atoms with Gasteiger partial charge in [-0.1, -0.05) is 24.3 Å². The molecule has 1 aliphatic carbocycles. The van der Waals surface area contributed by atoms with E-state index in [2.05, 4.69) is 0 Å². The average Bonchev–Trinajstić information content (AvgIpc) is 3.20. The predicted octanol–water partition coefficient (Wildman–Crippen LogP) is 4.01. The first kappa shape index (κ1) is 11.8. The summed E-state index contributed by atoms with van der Waals surface area (Å²) in [6, 6.07) is 13.3. The van der Waals surface area contributed by atoms with Gasteiger partial charge in [-0.2, -0.15) is 0 Å². The number of benzene rings is 2. The van der Waals surface area contributed by atoms with Crippen LogP contribution in [0.5, 0.6) is 0 Å². The Labute approximate surface area is 109 Å². The maximum atomic E-state index is 12.9. The number of halogens is 1. The van der Waals surface area contributed by atoms with Crippen molar-refractivity contribution in [2.75, 3.05) is 0 Å². The molecule has 0 aromatic heterocycles. The third-order valence-electron chi connectivity index (χ3n) is 3.60. The van der Waals surface area contributed by atoms with Crippen molar-refractivity contribution in [3.05, 3.63) is 75.6 Å². The molecule has 0 saturated heterocycles. The van der Waals surface area contributed by atoms with E-state index in [1.54, 1.807) is 24.3 Å². The molecule has 1 aliphatic rings. The first-order valence-corrected chi connectivity index (χ1v) is 6.15. The lowest BCUT2D eigenvalue weighted by Crippen LogP contribution is -1.90. The molecule has 0 amide bonds. The molecule has 0 heterocycles. The second kappa shape index (κ2) is 4.46. The summed E-state index contributed by atoms with van der Waals surface area (Å²) in [5.41, 5.74) is 2.21. The van der Waals surface area contributed by atoms with Crippen LogP contribution in [0.1, 0.15) is 29.4 Å². The van der Waals surface area contributed by atoms with E-state index in [1.807, 2.05) is 6.07 Å². The molecule has 3 rings (SSSR count). The minimum absolute atomic E-state index is 0.127. The fourth-order valence-corrected chi connectivity index (χ4v) is 2.51. The van der Waals surface area contributed by atoms with Crippen molar-refractivity contribution in [2.24, 2.45) is 0 Å². The van der Waals surface area contributed by atoms with Gasteiger partial charge in [0.1, 0.15) is 5.82 Å². The molecule has 2 atom stereocenters. The molecule has 0 N–H and O–H groups in total. The second-order valence-electron chi connectivity index (χ2n) is 4.85. The zero-order chi connectivity index (χ0) is 13.4. The molecule has 19 heavy (non-hydrogen) atoms. The number of rotatable bonds is 3. The average molecular weight is 257 g/mol. The van der Waals surface area contributed by atoms with E-state index in [0.717, 1.165) is 17.5 Å². The van der Waals surface area contributed by atoms with Crippen LogP contribution in [0.15, 0.2) is 48.5 Å². The molecule has 2 aromatic rings. The van der Waals surface area contributed by atoms with E-state index in [0.29, 0.717) is 11.8 Å². The highest BCUT2D eigenvalue weighted by Gasteiger charge is 2.39. The number of hydrogen-bond acceptors (Lipinski definition) is 2. The van der Waals surface area contributed by atoms with Crippen LogP contribution in [0.4, 0.5) is 10.1 Å². The minimum Gasteiger partial charge on any atom is -0.258 e. The van der Waals surface area contributed by atoms with Gasteiger partial charge in [0.2, 0.25) is 0 Å². The van der Waals surface area contributed by atoms with Crippen molar-refractivity contribution in [1.82, 2.24) is 0 Å². The van der Waals surface area contributed by atoms with Gasteiger partial charge in [-0.3, -0.25) is 10.1 Å². The van der Waals surface area contributed by atoms with Crippen LogP contribution in [-0.2, 0) is 0 Å². The van der Waals surface area contributed by atoms with E-state index in [9.17, 15) is 14.5 Å². The number of hydrogen-bond donors (Lipinski definition) is 0. The van der Waals surface area contributed by atoms with E-state index >= 15 is 0 Å². The zero-order valence-corrected chi connectivity index (χ0v) is 10.1. The van der Waals surface area contributed by atoms with Crippen LogP contribution in [0.2, 0.25) is 0 Å². The van der Waals surface area contributed by atoms with Crippen LogP contribution in [0.3, 0.4) is 0 Å². The lowest BCUT2D eigenvalue weighted by molar-refractivity contribution is -0.384. The van der Waals surface area contributed by atoms with Crippen molar-refractivity contribution in [1.29, 1.82) is 0 Å². The van der Waals surface area contributed by atoms with Gasteiger partial charge in [-0.25, -0.2) is 4.39 Å². The Morgan fingerprint density at radius 3 is 2.42 bits per heavy atom. The normalized spacial score (nSPS) is 21.1. The molecule has 2 aromatic carbocycles. The van der Waals surface area contributed by atoms with Gasteiger partial charge in [-0.15, -0.1) is 0 Å². The first-order chi connectivity index (χ1) is 9.15. The second-order valence-corrected chi connectivity index (χ2v) is 4.85. The van der Waals surface area contributed by atoms with Gasteiger partial charge >= 0.3 is 0 Å². The largest absolute Gasteiger partial charge is 0.269 e. The molecule has 96 valence electrons. The summed E-state index contributed by atoms with van der Waals surface area (Å²) in [4.78, 5) is 10.4. The summed E-state index contributed by atoms with van der Waals surface area (Å²) in [5.74, 6) is 0.421. The monoisotopic (exact) mass is 257 g/mol. The van der Waals surface area contributed by atoms with Crippen molar-refractivity contribution in [3.63, 3.8) is 0 Å². The van der Waals surface area contributed by atoms with Gasteiger partial charge in [0.05, 0.1) is 4.92 Å². The van der Waals surface area contributed by atoms with Crippen molar-refractivity contribution in [3.8, 4) is 0 Å². The summed E-state index contributed by atoms with van der Waals surface area (Å²) in [6.07, 6.45) is 0.965. The summed E-state index contributed by atoms with van der Waals surface area (Å²) >= 11 is 0. The lowest BCUT2D eigenvalue weighted by Gasteiger charge is -2.01. The predicted molar refractivity (Wildman–Crippen MR) is 69.6 cm³/mol. The van der Waals surface area contributed by atoms with Crippen molar-refractivity contribution >= 4 is 5.69 Å². The van der Waals surface area contributed by atoms with Crippen LogP contribution in [0, 0.1) is 15.9 Å². The van der Waals surface area contributed by atoms with Crippen molar-refractivity contribution < 1.29 is 9.31 Å². The number of nitrogens with zero attached hydrogens (tertiary/aromatic N) is 1. The Morgan fingerprint density at radius 1 is 1.05 bits per heavy atom. The van der Waals surface area contributed by atoms with Gasteiger partial charge < -0.3 is 0 Å². The molecule has 0 bridgehead atoms. The Balaban J connectivity index is 1.81. The summed E-state index contributed by atoms with van der Waals surface area (Å²) < 4.78 is 12.9. The third kappa shape index (κ3) is 2.34. The summed E-state index contributed by atoms with van der Waals surface area (Å²) in [7, 11) is 0. The Bertz CT molecular complexity index is 624. The van der Waals surface area contributed by atoms with Gasteiger partial charge in [0, 0.05) is 12.1 Å². The molecule has 0 radical (unpaired) electrons. The fourth-order valence-electron chi connectivity index (χ4n) is 2.51. The molecule has 1 fully saturated rings. The highest BCUT2D eigenvalue weighted by molar-refractivity contribution is 5.42. The number of non-ortho nitro benzene ring substituents is 1. The highest BCUT2D eigenvalue weighted by Crippen LogP contribution is 2.54.